The average Bonchev–Trinajstić information content (AvgIpc) is 2.86. The lowest BCUT2D eigenvalue weighted by molar-refractivity contribution is 0.415. The molecular formula is C28H37NO. The Kier molecular flexibility index (Phi) is 16.1. The van der Waals surface area contributed by atoms with Crippen LogP contribution < -0.4 is 4.74 Å². The van der Waals surface area contributed by atoms with E-state index in [-0.39, 0.29) is 0 Å². The van der Waals surface area contributed by atoms with E-state index in [1.807, 2.05) is 56.3 Å². The first-order valence-corrected chi connectivity index (χ1v) is 10.5. The smallest absolute Gasteiger partial charge is 0.118 e. The quantitative estimate of drug-likeness (QED) is 0.393. The molecule has 0 heterocycles. The number of rotatable bonds is 5. The van der Waals surface area contributed by atoms with Crippen molar-refractivity contribution in [2.24, 2.45) is 4.99 Å². The van der Waals surface area contributed by atoms with E-state index in [4.69, 9.17) is 4.74 Å². The zero-order chi connectivity index (χ0) is 22.6. The van der Waals surface area contributed by atoms with Crippen LogP contribution in [0.2, 0.25) is 0 Å². The molecule has 3 rings (SSSR count). The number of hydrogen-bond donors (Lipinski definition) is 0. The van der Waals surface area contributed by atoms with Gasteiger partial charge in [0.05, 0.1) is 12.8 Å². The van der Waals surface area contributed by atoms with Crippen molar-refractivity contribution in [3.8, 4) is 5.75 Å². The van der Waals surface area contributed by atoms with E-state index in [0.717, 1.165) is 29.8 Å². The normalized spacial score (nSPS) is 8.70. The lowest BCUT2D eigenvalue weighted by Crippen LogP contribution is -1.80. The van der Waals surface area contributed by atoms with Gasteiger partial charge in [-0.3, -0.25) is 4.99 Å². The van der Waals surface area contributed by atoms with E-state index in [9.17, 15) is 0 Å². The third-order valence-electron chi connectivity index (χ3n) is 4.13. The van der Waals surface area contributed by atoms with Gasteiger partial charge in [0.2, 0.25) is 0 Å². The van der Waals surface area contributed by atoms with Gasteiger partial charge in [0.15, 0.2) is 0 Å². The summed E-state index contributed by atoms with van der Waals surface area (Å²) in [5, 5.41) is 0. The summed E-state index contributed by atoms with van der Waals surface area (Å²) in [5.74, 6) is 0.880. The van der Waals surface area contributed by atoms with Crippen molar-refractivity contribution in [1.29, 1.82) is 0 Å². The number of aliphatic imine (C=N–C) groups is 1. The van der Waals surface area contributed by atoms with Crippen molar-refractivity contribution in [3.63, 3.8) is 0 Å². The van der Waals surface area contributed by atoms with Gasteiger partial charge in [-0.2, -0.15) is 0 Å². The molecule has 3 aromatic carbocycles. The summed E-state index contributed by atoms with van der Waals surface area (Å²) in [7, 11) is 1.66. The molecule has 0 spiro atoms. The largest absolute Gasteiger partial charge is 0.497 e. The summed E-state index contributed by atoms with van der Waals surface area (Å²) in [6.07, 6.45) is 4.03. The van der Waals surface area contributed by atoms with Gasteiger partial charge >= 0.3 is 0 Å². The average molecular weight is 404 g/mol. The fraction of sp³-hybridized carbons (Fsp3) is 0.250. The Labute approximate surface area is 184 Å². The second-order valence-electron chi connectivity index (χ2n) is 5.99. The predicted molar refractivity (Wildman–Crippen MR) is 135 cm³/mol. The highest BCUT2D eigenvalue weighted by atomic mass is 16.5. The molecule has 0 aromatic heterocycles. The highest BCUT2D eigenvalue weighted by Gasteiger charge is 1.88. The van der Waals surface area contributed by atoms with Crippen LogP contribution in [0, 0.1) is 0 Å². The molecule has 0 saturated carbocycles. The van der Waals surface area contributed by atoms with E-state index in [0.29, 0.717) is 0 Å². The summed E-state index contributed by atoms with van der Waals surface area (Å²) < 4.78 is 4.98. The zero-order valence-electron chi connectivity index (χ0n) is 19.3. The maximum Gasteiger partial charge on any atom is 0.118 e. The van der Waals surface area contributed by atoms with Crippen LogP contribution in [0.15, 0.2) is 90.4 Å². The van der Waals surface area contributed by atoms with Crippen LogP contribution in [0.1, 0.15) is 44.4 Å². The van der Waals surface area contributed by atoms with Crippen LogP contribution in [0.5, 0.6) is 5.75 Å². The summed E-state index contributed by atoms with van der Waals surface area (Å²) >= 11 is 0. The van der Waals surface area contributed by atoms with Crippen LogP contribution in [-0.4, -0.2) is 13.8 Å². The van der Waals surface area contributed by atoms with Crippen LogP contribution in [-0.2, 0) is 12.8 Å². The van der Waals surface area contributed by atoms with Gasteiger partial charge in [-0.25, -0.2) is 0 Å². The second-order valence-corrected chi connectivity index (χ2v) is 5.99. The first-order chi connectivity index (χ1) is 14.7. The van der Waals surface area contributed by atoms with E-state index in [2.05, 4.69) is 68.5 Å². The highest BCUT2D eigenvalue weighted by Crippen LogP contribution is 2.12. The first kappa shape index (κ1) is 26.9. The maximum atomic E-state index is 4.98. The van der Waals surface area contributed by atoms with Crippen molar-refractivity contribution < 1.29 is 4.74 Å². The van der Waals surface area contributed by atoms with E-state index >= 15 is 0 Å². The summed E-state index contributed by atoms with van der Waals surface area (Å²) in [6, 6.07) is 26.3. The van der Waals surface area contributed by atoms with Crippen molar-refractivity contribution in [3.05, 3.63) is 102 Å². The molecule has 0 N–H and O–H groups in total. The Bertz CT molecular complexity index is 739. The van der Waals surface area contributed by atoms with Crippen LogP contribution in [0.25, 0.3) is 6.08 Å². The lowest BCUT2D eigenvalue weighted by atomic mass is 10.2. The highest BCUT2D eigenvalue weighted by molar-refractivity contribution is 5.48. The number of benzene rings is 3. The van der Waals surface area contributed by atoms with Gasteiger partial charge in [0.25, 0.3) is 0 Å². The molecule has 0 aliphatic heterocycles. The molecule has 160 valence electrons. The zero-order valence-corrected chi connectivity index (χ0v) is 19.3. The van der Waals surface area contributed by atoms with Gasteiger partial charge < -0.3 is 4.74 Å². The second kappa shape index (κ2) is 17.9. The fourth-order valence-electron chi connectivity index (χ4n) is 2.29. The Balaban J connectivity index is 0.000000406. The topological polar surface area (TPSA) is 21.6 Å². The molecular weight excluding hydrogens is 366 g/mol. The minimum Gasteiger partial charge on any atom is -0.497 e. The summed E-state index contributed by atoms with van der Waals surface area (Å²) in [6.45, 7) is 15.4. The molecule has 2 nitrogen and oxygen atoms in total. The summed E-state index contributed by atoms with van der Waals surface area (Å²) in [5.41, 5.74) is 4.80. The number of ether oxygens (including phenoxy) is 1. The minimum atomic E-state index is 0.880. The van der Waals surface area contributed by atoms with Crippen molar-refractivity contribution in [1.82, 2.24) is 0 Å². The Hall–Kier alpha value is -3.13. The van der Waals surface area contributed by atoms with Crippen LogP contribution >= 0.6 is 0 Å². The lowest BCUT2D eigenvalue weighted by Gasteiger charge is -1.97. The molecule has 0 saturated heterocycles. The van der Waals surface area contributed by atoms with Crippen molar-refractivity contribution in [2.75, 3.05) is 7.11 Å². The molecule has 0 amide bonds. The molecule has 2 heteroatoms. The third kappa shape index (κ3) is 11.7. The minimum absolute atomic E-state index is 0.880. The van der Waals surface area contributed by atoms with E-state index < -0.39 is 0 Å². The van der Waals surface area contributed by atoms with Gasteiger partial charge in [-0.05, 0) is 60.5 Å². The predicted octanol–water partition coefficient (Wildman–Crippen LogP) is 8.19. The van der Waals surface area contributed by atoms with Gasteiger partial charge in [0.1, 0.15) is 5.75 Å². The molecule has 0 aliphatic carbocycles. The van der Waals surface area contributed by atoms with E-state index in [1.54, 1.807) is 13.2 Å². The van der Waals surface area contributed by atoms with Gasteiger partial charge in [-0.1, -0.05) is 94.9 Å². The molecule has 0 aliphatic rings. The molecule has 0 atom stereocenters. The Morgan fingerprint density at radius 2 is 1.27 bits per heavy atom. The molecule has 3 aromatic rings. The number of methoxy groups -OCH3 is 1. The van der Waals surface area contributed by atoms with Crippen LogP contribution in [0.3, 0.4) is 0 Å². The molecule has 0 unspecified atom stereocenters. The van der Waals surface area contributed by atoms with Gasteiger partial charge in [0, 0.05) is 0 Å². The molecule has 0 bridgehead atoms. The number of aryl methyl sites for hydroxylation is 2. The SMILES string of the molecule is C=Cc1ccc(OC)cc1.C=Nc1ccc(CC)cc1.CC.CCc1ccccc1. The van der Waals surface area contributed by atoms with E-state index in [1.165, 1.54) is 11.1 Å². The van der Waals surface area contributed by atoms with Gasteiger partial charge in [-0.15, -0.1) is 0 Å². The molecule has 0 radical (unpaired) electrons. The Morgan fingerprint density at radius 3 is 1.63 bits per heavy atom. The fourth-order valence-corrected chi connectivity index (χ4v) is 2.29. The van der Waals surface area contributed by atoms with Crippen molar-refractivity contribution in [2.45, 2.75) is 40.5 Å². The number of nitrogens with zero attached hydrogens (tertiary/aromatic N) is 1. The van der Waals surface area contributed by atoms with Crippen molar-refractivity contribution >= 4 is 18.5 Å². The summed E-state index contributed by atoms with van der Waals surface area (Å²) in [4.78, 5) is 3.80. The first-order valence-electron chi connectivity index (χ1n) is 10.5. The molecule has 30 heavy (non-hydrogen) atoms. The molecule has 0 fully saturated rings. The van der Waals surface area contributed by atoms with Crippen LogP contribution in [0.4, 0.5) is 5.69 Å². The number of hydrogen-bond acceptors (Lipinski definition) is 2. The standard InChI is InChI=1S/C9H11N.C9H10O.C8H10.C2H6/c2*1-3-8-4-6-9(10-2)7-5-8;1-2-8-6-4-3-5-7-8;1-2/h4-7H,2-3H2,1H3;3-7H,1H2,2H3;3-7H,2H2,1H3;1-2H3. The Morgan fingerprint density at radius 1 is 0.767 bits per heavy atom. The maximum absolute atomic E-state index is 4.98. The monoisotopic (exact) mass is 403 g/mol. The third-order valence-corrected chi connectivity index (χ3v) is 4.13.